The Balaban J connectivity index is 1.84. The van der Waals surface area contributed by atoms with Gasteiger partial charge in [0.05, 0.1) is 26.0 Å². The van der Waals surface area contributed by atoms with E-state index in [-0.39, 0.29) is 11.9 Å². The molecule has 1 atom stereocenters. The number of halogens is 1. The molecule has 1 amide bonds. The van der Waals surface area contributed by atoms with Gasteiger partial charge in [-0.15, -0.1) is 11.8 Å². The number of carbonyl (C=O) groups excluding carboxylic acids is 1. The van der Waals surface area contributed by atoms with Gasteiger partial charge >= 0.3 is 0 Å². The lowest BCUT2D eigenvalue weighted by molar-refractivity contribution is -0.119. The fraction of sp³-hybridized carbons (Fsp3) is 0.316. The Morgan fingerprint density at radius 1 is 1.12 bits per heavy atom. The molecule has 0 aliphatic rings. The van der Waals surface area contributed by atoms with Gasteiger partial charge in [0.15, 0.2) is 11.5 Å². The predicted molar refractivity (Wildman–Crippen MR) is 104 cm³/mol. The number of thioether (sulfide) groups is 1. The van der Waals surface area contributed by atoms with Gasteiger partial charge in [0.25, 0.3) is 0 Å². The molecule has 2 rings (SSSR count). The molecular weight excluding hydrogens is 358 g/mol. The molecule has 0 aliphatic heterocycles. The molecule has 134 valence electrons. The van der Waals surface area contributed by atoms with Crippen molar-refractivity contribution < 1.29 is 14.3 Å². The first-order valence-corrected chi connectivity index (χ1v) is 9.40. The van der Waals surface area contributed by atoms with Gasteiger partial charge in [-0.3, -0.25) is 4.79 Å². The summed E-state index contributed by atoms with van der Waals surface area (Å²) < 4.78 is 10.5. The van der Waals surface area contributed by atoms with Crippen LogP contribution in [-0.4, -0.2) is 25.9 Å². The monoisotopic (exact) mass is 379 g/mol. The first-order valence-electron chi connectivity index (χ1n) is 7.87. The van der Waals surface area contributed by atoms with Crippen molar-refractivity contribution in [3.05, 3.63) is 58.6 Å². The zero-order valence-corrected chi connectivity index (χ0v) is 16.1. The highest BCUT2D eigenvalue weighted by molar-refractivity contribution is 7.99. The van der Waals surface area contributed by atoms with Gasteiger partial charge in [-0.25, -0.2) is 0 Å². The molecule has 0 radical (unpaired) electrons. The minimum absolute atomic E-state index is 0.00116. The van der Waals surface area contributed by atoms with Crippen LogP contribution < -0.4 is 14.8 Å². The van der Waals surface area contributed by atoms with Gasteiger partial charge in [0.2, 0.25) is 5.91 Å². The standard InChI is InChI=1S/C19H22ClNO3S/c1-13(15-6-9-17(23-2)18(10-15)24-3)21-19(22)12-25-11-14-4-7-16(20)8-5-14/h4-10,13H,11-12H2,1-3H3,(H,21,22). The van der Waals surface area contributed by atoms with E-state index in [9.17, 15) is 4.79 Å². The molecule has 1 unspecified atom stereocenters. The smallest absolute Gasteiger partial charge is 0.230 e. The summed E-state index contributed by atoms with van der Waals surface area (Å²) in [5.41, 5.74) is 2.11. The molecule has 0 fully saturated rings. The number of hydrogen-bond donors (Lipinski definition) is 1. The third-order valence-corrected chi connectivity index (χ3v) is 4.96. The summed E-state index contributed by atoms with van der Waals surface area (Å²) >= 11 is 7.44. The highest BCUT2D eigenvalue weighted by Gasteiger charge is 2.12. The number of hydrogen-bond acceptors (Lipinski definition) is 4. The average Bonchev–Trinajstić information content (AvgIpc) is 2.62. The molecular formula is C19H22ClNO3S. The van der Waals surface area contributed by atoms with Crippen molar-refractivity contribution in [1.82, 2.24) is 5.32 Å². The quantitative estimate of drug-likeness (QED) is 0.735. The maximum absolute atomic E-state index is 12.1. The number of ether oxygens (including phenoxy) is 2. The van der Waals surface area contributed by atoms with Crippen molar-refractivity contribution in [1.29, 1.82) is 0 Å². The zero-order chi connectivity index (χ0) is 18.2. The van der Waals surface area contributed by atoms with Crippen LogP contribution in [0.25, 0.3) is 0 Å². The van der Waals surface area contributed by atoms with Crippen LogP contribution in [-0.2, 0) is 10.5 Å². The van der Waals surface area contributed by atoms with Crippen LogP contribution in [0.5, 0.6) is 11.5 Å². The lowest BCUT2D eigenvalue weighted by Crippen LogP contribution is -2.28. The Kier molecular flexibility index (Phi) is 7.47. The maximum Gasteiger partial charge on any atom is 0.230 e. The van der Waals surface area contributed by atoms with E-state index in [2.05, 4.69) is 5.32 Å². The molecule has 2 aromatic rings. The van der Waals surface area contributed by atoms with Gasteiger partial charge in [-0.2, -0.15) is 0 Å². The van der Waals surface area contributed by atoms with E-state index in [1.807, 2.05) is 49.4 Å². The van der Waals surface area contributed by atoms with Crippen molar-refractivity contribution in [3.8, 4) is 11.5 Å². The molecule has 0 bridgehead atoms. The Hall–Kier alpha value is -1.85. The molecule has 0 saturated heterocycles. The van der Waals surface area contributed by atoms with E-state index < -0.39 is 0 Å². The lowest BCUT2D eigenvalue weighted by Gasteiger charge is -2.16. The first kappa shape index (κ1) is 19.5. The number of carbonyl (C=O) groups is 1. The van der Waals surface area contributed by atoms with Crippen LogP contribution >= 0.6 is 23.4 Å². The van der Waals surface area contributed by atoms with Crippen LogP contribution in [0, 0.1) is 0 Å². The number of amides is 1. The lowest BCUT2D eigenvalue weighted by atomic mass is 10.1. The Morgan fingerprint density at radius 2 is 1.80 bits per heavy atom. The molecule has 0 heterocycles. The van der Waals surface area contributed by atoms with Crippen molar-refractivity contribution in [3.63, 3.8) is 0 Å². The molecule has 0 saturated carbocycles. The molecule has 0 aromatic heterocycles. The highest BCUT2D eigenvalue weighted by atomic mass is 35.5. The molecule has 25 heavy (non-hydrogen) atoms. The molecule has 2 aromatic carbocycles. The first-order chi connectivity index (χ1) is 12.0. The summed E-state index contributed by atoms with van der Waals surface area (Å²) in [6, 6.07) is 13.2. The van der Waals surface area contributed by atoms with Crippen molar-refractivity contribution in [2.24, 2.45) is 0 Å². The second-order valence-corrected chi connectivity index (χ2v) is 6.94. The molecule has 4 nitrogen and oxygen atoms in total. The van der Waals surface area contributed by atoms with Crippen LogP contribution in [0.15, 0.2) is 42.5 Å². The van der Waals surface area contributed by atoms with Crippen LogP contribution in [0.1, 0.15) is 24.1 Å². The summed E-state index contributed by atoms with van der Waals surface area (Å²) in [6.07, 6.45) is 0. The van der Waals surface area contributed by atoms with Gasteiger partial charge in [-0.05, 0) is 42.3 Å². The molecule has 6 heteroatoms. The van der Waals surface area contributed by atoms with Gasteiger partial charge in [0, 0.05) is 10.8 Å². The second kappa shape index (κ2) is 9.59. The van der Waals surface area contributed by atoms with Crippen LogP contribution in [0.3, 0.4) is 0 Å². The Morgan fingerprint density at radius 3 is 2.44 bits per heavy atom. The second-order valence-electron chi connectivity index (χ2n) is 5.52. The SMILES string of the molecule is COc1ccc(C(C)NC(=O)CSCc2ccc(Cl)cc2)cc1OC. The van der Waals surface area contributed by atoms with E-state index in [1.54, 1.807) is 26.0 Å². The van der Waals surface area contributed by atoms with Gasteiger partial charge in [-0.1, -0.05) is 29.8 Å². The molecule has 1 N–H and O–H groups in total. The van der Waals surface area contributed by atoms with E-state index in [1.165, 1.54) is 0 Å². The van der Waals surface area contributed by atoms with Crippen molar-refractivity contribution >= 4 is 29.3 Å². The average molecular weight is 380 g/mol. The van der Waals surface area contributed by atoms with E-state index in [0.717, 1.165) is 21.9 Å². The summed E-state index contributed by atoms with van der Waals surface area (Å²) in [4.78, 5) is 12.1. The number of rotatable bonds is 8. The highest BCUT2D eigenvalue weighted by Crippen LogP contribution is 2.29. The van der Waals surface area contributed by atoms with Crippen molar-refractivity contribution in [2.45, 2.75) is 18.7 Å². The predicted octanol–water partition coefficient (Wildman–Crippen LogP) is 4.47. The fourth-order valence-electron chi connectivity index (χ4n) is 2.33. The fourth-order valence-corrected chi connectivity index (χ4v) is 3.26. The van der Waals surface area contributed by atoms with Crippen LogP contribution in [0.4, 0.5) is 0 Å². The van der Waals surface area contributed by atoms with Crippen molar-refractivity contribution in [2.75, 3.05) is 20.0 Å². The summed E-state index contributed by atoms with van der Waals surface area (Å²) in [7, 11) is 3.19. The van der Waals surface area contributed by atoms with Gasteiger partial charge < -0.3 is 14.8 Å². The third kappa shape index (κ3) is 5.87. The minimum Gasteiger partial charge on any atom is -0.493 e. The zero-order valence-electron chi connectivity index (χ0n) is 14.5. The molecule has 0 spiro atoms. The summed E-state index contributed by atoms with van der Waals surface area (Å²) in [5.74, 6) is 2.50. The Labute approximate surface area is 157 Å². The van der Waals surface area contributed by atoms with E-state index in [0.29, 0.717) is 17.3 Å². The summed E-state index contributed by atoms with van der Waals surface area (Å²) in [6.45, 7) is 1.95. The maximum atomic E-state index is 12.1. The number of methoxy groups -OCH3 is 2. The van der Waals surface area contributed by atoms with Crippen LogP contribution in [0.2, 0.25) is 5.02 Å². The Bertz CT molecular complexity index is 706. The summed E-state index contributed by atoms with van der Waals surface area (Å²) in [5, 5.41) is 3.72. The molecule has 0 aliphatic carbocycles. The third-order valence-electron chi connectivity index (χ3n) is 3.70. The topological polar surface area (TPSA) is 47.6 Å². The van der Waals surface area contributed by atoms with Gasteiger partial charge in [0.1, 0.15) is 0 Å². The van der Waals surface area contributed by atoms with E-state index >= 15 is 0 Å². The normalized spacial score (nSPS) is 11.7. The number of benzene rings is 2. The number of nitrogens with one attached hydrogen (secondary N) is 1. The van der Waals surface area contributed by atoms with E-state index in [4.69, 9.17) is 21.1 Å². The largest absolute Gasteiger partial charge is 0.493 e. The minimum atomic E-state index is -0.108.